The summed E-state index contributed by atoms with van der Waals surface area (Å²) in [5.74, 6) is -0.0827. The number of amides is 2. The first-order valence-corrected chi connectivity index (χ1v) is 9.02. The van der Waals surface area contributed by atoms with Gasteiger partial charge < -0.3 is 0 Å². The number of carbonyl (C=O) groups excluding carboxylic acids is 2. The zero-order valence-corrected chi connectivity index (χ0v) is 15.4. The minimum atomic E-state index is -0.375. The van der Waals surface area contributed by atoms with Crippen molar-refractivity contribution < 1.29 is 9.59 Å². The van der Waals surface area contributed by atoms with Crippen molar-refractivity contribution >= 4 is 41.4 Å². The fourth-order valence-corrected chi connectivity index (χ4v) is 3.07. The predicted molar refractivity (Wildman–Crippen MR) is 107 cm³/mol. The number of rotatable bonds is 4. The fraction of sp³-hybridized carbons (Fsp3) is 0.100. The van der Waals surface area contributed by atoms with E-state index in [1.165, 1.54) is 6.08 Å². The van der Waals surface area contributed by atoms with Crippen LogP contribution in [0.15, 0.2) is 60.7 Å². The maximum Gasteiger partial charge on any atom is 0.250 e. The van der Waals surface area contributed by atoms with Crippen LogP contribution in [-0.2, 0) is 9.59 Å². The third-order valence-electron chi connectivity index (χ3n) is 4.27. The van der Waals surface area contributed by atoms with E-state index in [1.807, 2.05) is 30.3 Å². The Labute approximate surface area is 166 Å². The Morgan fingerprint density at radius 1 is 1.18 bits per heavy atom. The first-order chi connectivity index (χ1) is 13.6. The lowest BCUT2D eigenvalue weighted by molar-refractivity contribution is -0.117. The van der Waals surface area contributed by atoms with Crippen molar-refractivity contribution in [1.82, 2.24) is 14.8 Å². The number of aromatic nitrogens is 3. The van der Waals surface area contributed by atoms with Crippen LogP contribution in [0.3, 0.4) is 0 Å². The number of benzene rings is 2. The molecule has 0 saturated heterocycles. The summed E-state index contributed by atoms with van der Waals surface area (Å²) >= 11 is 5.85. The molecule has 1 aromatic heterocycles. The minimum absolute atomic E-state index is 0.129. The minimum Gasteiger partial charge on any atom is -0.295 e. The third-order valence-corrected chi connectivity index (χ3v) is 4.52. The molecule has 1 atom stereocenters. The molecular formula is C20H16ClN5O2. The summed E-state index contributed by atoms with van der Waals surface area (Å²) in [5, 5.41) is 10.3. The summed E-state index contributed by atoms with van der Waals surface area (Å²) in [6, 6.07) is 16.4. The van der Waals surface area contributed by atoms with Crippen LogP contribution >= 0.6 is 11.6 Å². The summed E-state index contributed by atoms with van der Waals surface area (Å²) in [7, 11) is 0. The number of halogens is 1. The maximum atomic E-state index is 12.2. The quantitative estimate of drug-likeness (QED) is 0.664. The van der Waals surface area contributed by atoms with Crippen LogP contribution in [0, 0.1) is 0 Å². The molecule has 2 N–H and O–H groups in total. The van der Waals surface area contributed by atoms with E-state index in [-0.39, 0.29) is 30.2 Å². The summed E-state index contributed by atoms with van der Waals surface area (Å²) in [6.07, 6.45) is 3.30. The summed E-state index contributed by atoms with van der Waals surface area (Å²) in [6.45, 7) is 0. The first kappa shape index (κ1) is 17.9. The molecule has 3 aromatic rings. The summed E-state index contributed by atoms with van der Waals surface area (Å²) < 4.78 is 1.62. The van der Waals surface area contributed by atoms with Crippen LogP contribution in [-0.4, -0.2) is 26.6 Å². The van der Waals surface area contributed by atoms with Crippen LogP contribution in [0.2, 0.25) is 5.02 Å². The van der Waals surface area contributed by atoms with Crippen molar-refractivity contribution in [3.8, 4) is 0 Å². The Bertz CT molecular complexity index is 1040. The molecule has 0 bridgehead atoms. The van der Waals surface area contributed by atoms with Crippen molar-refractivity contribution in [2.24, 2.45) is 0 Å². The van der Waals surface area contributed by atoms with Crippen LogP contribution in [0.1, 0.15) is 23.6 Å². The van der Waals surface area contributed by atoms with E-state index < -0.39 is 0 Å². The van der Waals surface area contributed by atoms with Gasteiger partial charge >= 0.3 is 0 Å². The monoisotopic (exact) mass is 393 g/mol. The van der Waals surface area contributed by atoms with E-state index in [2.05, 4.69) is 20.7 Å². The van der Waals surface area contributed by atoms with Crippen molar-refractivity contribution in [1.29, 1.82) is 0 Å². The lowest BCUT2D eigenvalue weighted by atomic mass is 10.0. The lowest BCUT2D eigenvalue weighted by Crippen LogP contribution is -2.29. The zero-order chi connectivity index (χ0) is 19.5. The maximum absolute atomic E-state index is 12.2. The summed E-state index contributed by atoms with van der Waals surface area (Å²) in [5.41, 5.74) is 1.79. The van der Waals surface area contributed by atoms with Crippen LogP contribution in [0.5, 0.6) is 0 Å². The van der Waals surface area contributed by atoms with E-state index >= 15 is 0 Å². The van der Waals surface area contributed by atoms with E-state index in [0.717, 1.165) is 11.1 Å². The van der Waals surface area contributed by atoms with Crippen molar-refractivity contribution in [3.05, 3.63) is 76.8 Å². The highest BCUT2D eigenvalue weighted by Crippen LogP contribution is 2.29. The van der Waals surface area contributed by atoms with Gasteiger partial charge in [0.05, 0.1) is 12.5 Å². The number of fused-ring (bicyclic) bond motifs is 1. The van der Waals surface area contributed by atoms with Crippen LogP contribution in [0.25, 0.3) is 6.08 Å². The van der Waals surface area contributed by atoms with Gasteiger partial charge in [-0.3, -0.25) is 20.2 Å². The molecule has 2 amide bonds. The van der Waals surface area contributed by atoms with Crippen molar-refractivity contribution in [2.45, 2.75) is 12.5 Å². The molecule has 0 saturated carbocycles. The highest BCUT2D eigenvalue weighted by Gasteiger charge is 2.29. The van der Waals surface area contributed by atoms with Crippen LogP contribution < -0.4 is 10.6 Å². The first-order valence-electron chi connectivity index (χ1n) is 8.64. The standard InChI is InChI=1S/C20H16ClN5O2/c21-15-9-6-13(7-10-15)8-11-17(27)22-19-24-20-23-18(28)12-16(26(20)25-19)14-4-2-1-3-5-14/h1-11,16H,12H2,(H2,22,23,24,25,27,28)/b11-8+. The number of nitrogens with one attached hydrogen (secondary N) is 2. The van der Waals surface area contributed by atoms with Gasteiger partial charge in [0.25, 0.3) is 11.9 Å². The molecular weight excluding hydrogens is 378 g/mol. The number of nitrogens with zero attached hydrogens (tertiary/aromatic N) is 3. The van der Waals surface area contributed by atoms with Gasteiger partial charge in [-0.15, -0.1) is 5.10 Å². The molecule has 28 heavy (non-hydrogen) atoms. The van der Waals surface area contributed by atoms with Crippen molar-refractivity contribution in [3.63, 3.8) is 0 Å². The van der Waals surface area contributed by atoms with Crippen LogP contribution in [0.4, 0.5) is 11.9 Å². The van der Waals surface area contributed by atoms with Gasteiger partial charge in [-0.25, -0.2) is 4.68 Å². The smallest absolute Gasteiger partial charge is 0.250 e. The number of hydrogen-bond acceptors (Lipinski definition) is 4. The molecule has 1 unspecified atom stereocenters. The summed E-state index contributed by atoms with van der Waals surface area (Å²) in [4.78, 5) is 28.4. The molecule has 8 heteroatoms. The Morgan fingerprint density at radius 2 is 1.93 bits per heavy atom. The molecule has 1 aliphatic heterocycles. The second kappa shape index (κ2) is 7.66. The topological polar surface area (TPSA) is 88.9 Å². The predicted octanol–water partition coefficient (Wildman–Crippen LogP) is 3.52. The normalized spacial score (nSPS) is 15.9. The van der Waals surface area contributed by atoms with E-state index in [4.69, 9.17) is 11.6 Å². The molecule has 7 nitrogen and oxygen atoms in total. The van der Waals surface area contributed by atoms with Gasteiger partial charge in [0.2, 0.25) is 11.9 Å². The van der Waals surface area contributed by atoms with Gasteiger partial charge in [0, 0.05) is 11.1 Å². The SMILES string of the molecule is O=C(/C=C/c1ccc(Cl)cc1)Nc1nc2n(n1)C(c1ccccc1)CC(=O)N2. The van der Waals surface area contributed by atoms with E-state index in [1.54, 1.807) is 35.0 Å². The Hall–Kier alpha value is -3.45. The number of carbonyl (C=O) groups is 2. The molecule has 1 aliphatic rings. The third kappa shape index (κ3) is 3.94. The zero-order valence-electron chi connectivity index (χ0n) is 14.7. The molecule has 0 fully saturated rings. The Morgan fingerprint density at radius 3 is 2.68 bits per heavy atom. The van der Waals surface area contributed by atoms with Crippen molar-refractivity contribution in [2.75, 3.05) is 10.6 Å². The molecule has 2 aromatic carbocycles. The highest BCUT2D eigenvalue weighted by atomic mass is 35.5. The fourth-order valence-electron chi connectivity index (χ4n) is 2.95. The Balaban J connectivity index is 1.52. The molecule has 0 aliphatic carbocycles. The van der Waals surface area contributed by atoms with Gasteiger partial charge in [-0.05, 0) is 29.3 Å². The molecule has 2 heterocycles. The molecule has 4 rings (SSSR count). The van der Waals surface area contributed by atoms with Gasteiger partial charge in [-0.1, -0.05) is 54.1 Å². The molecule has 0 spiro atoms. The van der Waals surface area contributed by atoms with Gasteiger partial charge in [0.1, 0.15) is 0 Å². The molecule has 140 valence electrons. The van der Waals surface area contributed by atoms with E-state index in [9.17, 15) is 9.59 Å². The number of anilines is 2. The Kier molecular flexibility index (Phi) is 4.90. The average molecular weight is 394 g/mol. The second-order valence-electron chi connectivity index (χ2n) is 6.26. The van der Waals surface area contributed by atoms with Gasteiger partial charge in [-0.2, -0.15) is 4.98 Å². The average Bonchev–Trinajstić information content (AvgIpc) is 3.09. The molecule has 0 radical (unpaired) electrons. The lowest BCUT2D eigenvalue weighted by Gasteiger charge is -2.23. The number of hydrogen-bond donors (Lipinski definition) is 2. The van der Waals surface area contributed by atoms with E-state index in [0.29, 0.717) is 11.0 Å². The second-order valence-corrected chi connectivity index (χ2v) is 6.69. The largest absolute Gasteiger partial charge is 0.295 e. The van der Waals surface area contributed by atoms with Gasteiger partial charge in [0.15, 0.2) is 0 Å². The highest BCUT2D eigenvalue weighted by molar-refractivity contribution is 6.30.